The molecule has 0 saturated carbocycles. The first-order valence-electron chi connectivity index (χ1n) is 8.22. The first kappa shape index (κ1) is 20.7. The van der Waals surface area contributed by atoms with E-state index in [1.54, 1.807) is 18.2 Å². The number of hydrogen-bond acceptors (Lipinski definition) is 4. The molecule has 0 atom stereocenters. The summed E-state index contributed by atoms with van der Waals surface area (Å²) in [6.07, 6.45) is 0.951. The predicted octanol–water partition coefficient (Wildman–Crippen LogP) is 2.81. The van der Waals surface area contributed by atoms with Crippen molar-refractivity contribution in [2.24, 2.45) is 0 Å². The van der Waals surface area contributed by atoms with Crippen LogP contribution in [-0.2, 0) is 10.0 Å². The Balaban J connectivity index is 3.20. The second-order valence-electron chi connectivity index (χ2n) is 5.06. The standard InChI is InChI=1S/C16H27N3O3S2/c1-5-11-17-16(23)18-13-9-10-14(22-8-4)15(12-13)24(20,21)19(6-2)7-3/h9-10,12H,5-8,11H2,1-4H3,(H2,17,18,23). The minimum absolute atomic E-state index is 0.149. The summed E-state index contributed by atoms with van der Waals surface area (Å²) in [6.45, 7) is 9.44. The van der Waals surface area contributed by atoms with Gasteiger partial charge in [0.15, 0.2) is 5.11 Å². The highest BCUT2D eigenvalue weighted by molar-refractivity contribution is 7.89. The second-order valence-corrected chi connectivity index (χ2v) is 7.38. The van der Waals surface area contributed by atoms with Crippen LogP contribution in [0.15, 0.2) is 23.1 Å². The van der Waals surface area contributed by atoms with E-state index >= 15 is 0 Å². The van der Waals surface area contributed by atoms with Crippen LogP contribution in [0, 0.1) is 0 Å². The van der Waals surface area contributed by atoms with Gasteiger partial charge in [-0.05, 0) is 43.8 Å². The van der Waals surface area contributed by atoms with E-state index in [4.69, 9.17) is 17.0 Å². The fourth-order valence-corrected chi connectivity index (χ4v) is 4.01. The lowest BCUT2D eigenvalue weighted by atomic mass is 10.3. The van der Waals surface area contributed by atoms with Crippen molar-refractivity contribution < 1.29 is 13.2 Å². The molecule has 0 radical (unpaired) electrons. The van der Waals surface area contributed by atoms with E-state index in [2.05, 4.69) is 10.6 Å². The zero-order valence-electron chi connectivity index (χ0n) is 14.8. The molecule has 6 nitrogen and oxygen atoms in total. The number of thiocarbonyl (C=S) groups is 1. The Labute approximate surface area is 150 Å². The van der Waals surface area contributed by atoms with Gasteiger partial charge in [-0.2, -0.15) is 4.31 Å². The number of nitrogens with one attached hydrogen (secondary N) is 2. The molecular formula is C16H27N3O3S2. The van der Waals surface area contributed by atoms with Crippen molar-refractivity contribution in [2.45, 2.75) is 39.0 Å². The number of benzene rings is 1. The third kappa shape index (κ3) is 5.32. The van der Waals surface area contributed by atoms with E-state index in [1.165, 1.54) is 4.31 Å². The zero-order valence-corrected chi connectivity index (χ0v) is 16.4. The van der Waals surface area contributed by atoms with Gasteiger partial charge in [0, 0.05) is 25.3 Å². The van der Waals surface area contributed by atoms with Crippen molar-refractivity contribution in [3.8, 4) is 5.75 Å². The van der Waals surface area contributed by atoms with Crippen LogP contribution in [0.25, 0.3) is 0 Å². The van der Waals surface area contributed by atoms with Gasteiger partial charge in [0.25, 0.3) is 0 Å². The van der Waals surface area contributed by atoms with Gasteiger partial charge in [-0.1, -0.05) is 20.8 Å². The molecule has 0 fully saturated rings. The molecule has 0 unspecified atom stereocenters. The number of sulfonamides is 1. The van der Waals surface area contributed by atoms with E-state index in [9.17, 15) is 8.42 Å². The molecule has 1 rings (SSSR count). The van der Waals surface area contributed by atoms with Crippen LogP contribution in [0.2, 0.25) is 0 Å². The first-order valence-corrected chi connectivity index (χ1v) is 10.1. The quantitative estimate of drug-likeness (QED) is 0.649. The molecule has 0 aliphatic carbocycles. The molecule has 0 aliphatic rings. The largest absolute Gasteiger partial charge is 0.492 e. The van der Waals surface area contributed by atoms with E-state index < -0.39 is 10.0 Å². The average molecular weight is 374 g/mol. The van der Waals surface area contributed by atoms with E-state index in [1.807, 2.05) is 27.7 Å². The minimum Gasteiger partial charge on any atom is -0.492 e. The van der Waals surface area contributed by atoms with Gasteiger partial charge in [0.05, 0.1) is 6.61 Å². The third-order valence-corrected chi connectivity index (χ3v) is 5.68. The Morgan fingerprint density at radius 2 is 1.88 bits per heavy atom. The molecule has 0 aliphatic heterocycles. The van der Waals surface area contributed by atoms with Gasteiger partial charge < -0.3 is 15.4 Å². The zero-order chi connectivity index (χ0) is 18.2. The third-order valence-electron chi connectivity index (χ3n) is 3.36. The number of hydrogen-bond donors (Lipinski definition) is 2. The lowest BCUT2D eigenvalue weighted by Gasteiger charge is -2.21. The molecule has 1 aromatic carbocycles. The van der Waals surface area contributed by atoms with Gasteiger partial charge in [-0.25, -0.2) is 8.42 Å². The van der Waals surface area contributed by atoms with Crippen LogP contribution in [0.3, 0.4) is 0 Å². The molecule has 0 heterocycles. The summed E-state index contributed by atoms with van der Waals surface area (Å²) >= 11 is 5.21. The fourth-order valence-electron chi connectivity index (χ4n) is 2.18. The highest BCUT2D eigenvalue weighted by Gasteiger charge is 2.26. The molecular weight excluding hydrogens is 346 g/mol. The summed E-state index contributed by atoms with van der Waals surface area (Å²) in [4.78, 5) is 0.149. The van der Waals surface area contributed by atoms with Crippen LogP contribution >= 0.6 is 12.2 Å². The SMILES string of the molecule is CCCNC(=S)Nc1ccc(OCC)c(S(=O)(=O)N(CC)CC)c1. The molecule has 0 spiro atoms. The second kappa shape index (κ2) is 9.80. The van der Waals surface area contributed by atoms with Crippen molar-refractivity contribution in [1.82, 2.24) is 9.62 Å². The molecule has 8 heteroatoms. The Morgan fingerprint density at radius 3 is 2.42 bits per heavy atom. The van der Waals surface area contributed by atoms with E-state index in [0.717, 1.165) is 13.0 Å². The maximum atomic E-state index is 12.9. The van der Waals surface area contributed by atoms with Gasteiger partial charge in [0.2, 0.25) is 10.0 Å². The number of anilines is 1. The summed E-state index contributed by atoms with van der Waals surface area (Å²) in [6, 6.07) is 4.98. The van der Waals surface area contributed by atoms with E-state index in [0.29, 0.717) is 36.2 Å². The lowest BCUT2D eigenvalue weighted by molar-refractivity contribution is 0.329. The summed E-state index contributed by atoms with van der Waals surface area (Å²) in [5.41, 5.74) is 0.609. The molecule has 2 N–H and O–H groups in total. The Hall–Kier alpha value is -1.38. The van der Waals surface area contributed by atoms with Crippen molar-refractivity contribution in [2.75, 3.05) is 31.6 Å². The van der Waals surface area contributed by atoms with Crippen LogP contribution in [-0.4, -0.2) is 44.1 Å². The smallest absolute Gasteiger partial charge is 0.246 e. The molecule has 136 valence electrons. The monoisotopic (exact) mass is 373 g/mol. The van der Waals surface area contributed by atoms with Crippen LogP contribution in [0.5, 0.6) is 5.75 Å². The summed E-state index contributed by atoms with van der Waals surface area (Å²) in [7, 11) is -3.62. The lowest BCUT2D eigenvalue weighted by Crippen LogP contribution is -2.31. The highest BCUT2D eigenvalue weighted by atomic mass is 32.2. The molecule has 0 saturated heterocycles. The maximum Gasteiger partial charge on any atom is 0.246 e. The summed E-state index contributed by atoms with van der Waals surface area (Å²) in [5, 5.41) is 6.53. The van der Waals surface area contributed by atoms with Gasteiger partial charge in [-0.15, -0.1) is 0 Å². The topological polar surface area (TPSA) is 70.7 Å². The normalized spacial score (nSPS) is 11.4. The van der Waals surface area contributed by atoms with Gasteiger partial charge in [-0.3, -0.25) is 0 Å². The van der Waals surface area contributed by atoms with Gasteiger partial charge >= 0.3 is 0 Å². The van der Waals surface area contributed by atoms with Gasteiger partial charge in [0.1, 0.15) is 10.6 Å². The minimum atomic E-state index is -3.62. The Kier molecular flexibility index (Phi) is 8.44. The van der Waals surface area contributed by atoms with Crippen molar-refractivity contribution >= 4 is 33.0 Å². The molecule has 0 aromatic heterocycles. The molecule has 24 heavy (non-hydrogen) atoms. The first-order chi connectivity index (χ1) is 11.4. The number of nitrogens with zero attached hydrogens (tertiary/aromatic N) is 1. The van der Waals surface area contributed by atoms with Crippen LogP contribution in [0.1, 0.15) is 34.1 Å². The Morgan fingerprint density at radius 1 is 1.21 bits per heavy atom. The van der Waals surface area contributed by atoms with Crippen LogP contribution in [0.4, 0.5) is 5.69 Å². The van der Waals surface area contributed by atoms with Crippen molar-refractivity contribution in [3.05, 3.63) is 18.2 Å². The van der Waals surface area contributed by atoms with Crippen LogP contribution < -0.4 is 15.4 Å². The Bertz CT molecular complexity index is 644. The fraction of sp³-hybridized carbons (Fsp3) is 0.562. The van der Waals surface area contributed by atoms with Crippen molar-refractivity contribution in [3.63, 3.8) is 0 Å². The summed E-state index contributed by atoms with van der Waals surface area (Å²) in [5.74, 6) is 0.349. The van der Waals surface area contributed by atoms with Crippen molar-refractivity contribution in [1.29, 1.82) is 0 Å². The number of rotatable bonds is 9. The molecule has 0 amide bonds. The number of ether oxygens (including phenoxy) is 1. The van der Waals surface area contributed by atoms with E-state index in [-0.39, 0.29) is 4.90 Å². The average Bonchev–Trinajstić information content (AvgIpc) is 2.55. The molecule has 0 bridgehead atoms. The summed E-state index contributed by atoms with van der Waals surface area (Å²) < 4.78 is 32.6. The molecule has 1 aromatic rings. The highest BCUT2D eigenvalue weighted by Crippen LogP contribution is 2.30. The maximum absolute atomic E-state index is 12.9. The predicted molar refractivity (Wildman–Crippen MR) is 102 cm³/mol.